The van der Waals surface area contributed by atoms with Gasteiger partial charge in [-0.05, 0) is 19.1 Å². The van der Waals surface area contributed by atoms with Gasteiger partial charge in [-0.1, -0.05) is 6.58 Å². The molecule has 0 aliphatic carbocycles. The minimum Gasteiger partial charge on any atom is -0.370 e. The van der Waals surface area contributed by atoms with Gasteiger partial charge >= 0.3 is 0 Å². The molecule has 0 fully saturated rings. The summed E-state index contributed by atoms with van der Waals surface area (Å²) in [5.74, 6) is 1.06. The molecule has 0 aromatic carbocycles. The number of rotatable bonds is 2. The van der Waals surface area contributed by atoms with E-state index in [0.29, 0.717) is 11.8 Å². The van der Waals surface area contributed by atoms with E-state index in [4.69, 9.17) is 5.73 Å². The first-order valence-corrected chi connectivity index (χ1v) is 6.40. The Bertz CT molecular complexity index is 528. The Morgan fingerprint density at radius 2 is 2.28 bits per heavy atom. The lowest BCUT2D eigenvalue weighted by Crippen LogP contribution is -2.49. The number of nitrogens with one attached hydrogen (secondary N) is 1. The molecule has 6 heteroatoms. The van der Waals surface area contributed by atoms with Gasteiger partial charge in [0.05, 0.1) is 5.00 Å². The molecule has 2 rings (SSSR count). The Morgan fingerprint density at radius 3 is 2.83 bits per heavy atom. The lowest BCUT2D eigenvalue weighted by atomic mass is 10.1. The fourth-order valence-electron chi connectivity index (χ4n) is 1.82. The van der Waals surface area contributed by atoms with Gasteiger partial charge < -0.3 is 16.0 Å². The summed E-state index contributed by atoms with van der Waals surface area (Å²) in [6.45, 7) is 6.12. The smallest absolute Gasteiger partial charge is 0.196 e. The van der Waals surface area contributed by atoms with Crippen molar-refractivity contribution < 1.29 is 0 Å². The number of likely N-dealkylation sites (N-methyl/N-ethyl adjacent to an activating group) is 1. The fourth-order valence-corrected chi connectivity index (χ4v) is 2.66. The predicted octanol–water partition coefficient (Wildman–Crippen LogP) is 1.32. The highest BCUT2D eigenvalue weighted by molar-refractivity contribution is 7.16. The quantitative estimate of drug-likeness (QED) is 0.845. The van der Waals surface area contributed by atoms with E-state index < -0.39 is 0 Å². The molecule has 1 aliphatic rings. The monoisotopic (exact) mass is 263 g/mol. The molecule has 1 aromatic rings. The van der Waals surface area contributed by atoms with Gasteiger partial charge in [-0.15, -0.1) is 11.3 Å². The summed E-state index contributed by atoms with van der Waals surface area (Å²) in [7, 11) is 3.69. The highest BCUT2D eigenvalue weighted by Gasteiger charge is 2.26. The van der Waals surface area contributed by atoms with E-state index in [9.17, 15) is 0 Å². The second kappa shape index (κ2) is 4.81. The SMILES string of the molecule is C=C1C(=NC)NC(N)=NC1N(C)c1ccc(C)s1. The van der Waals surface area contributed by atoms with E-state index in [1.54, 1.807) is 18.4 Å². The number of thiophene rings is 1. The number of anilines is 1. The molecule has 96 valence electrons. The minimum atomic E-state index is -0.206. The van der Waals surface area contributed by atoms with Crippen LogP contribution in [-0.2, 0) is 0 Å². The first kappa shape index (κ1) is 12.6. The van der Waals surface area contributed by atoms with Crippen LogP contribution < -0.4 is 16.0 Å². The molecule has 0 saturated carbocycles. The van der Waals surface area contributed by atoms with E-state index in [-0.39, 0.29) is 6.17 Å². The largest absolute Gasteiger partial charge is 0.370 e. The fraction of sp³-hybridized carbons (Fsp3) is 0.333. The third kappa shape index (κ3) is 2.24. The first-order valence-electron chi connectivity index (χ1n) is 5.58. The van der Waals surface area contributed by atoms with Crippen molar-refractivity contribution in [3.63, 3.8) is 0 Å². The van der Waals surface area contributed by atoms with E-state index in [2.05, 4.69) is 45.8 Å². The molecule has 1 unspecified atom stereocenters. The Morgan fingerprint density at radius 1 is 1.56 bits per heavy atom. The van der Waals surface area contributed by atoms with E-state index in [1.807, 2.05) is 7.05 Å². The zero-order chi connectivity index (χ0) is 13.3. The van der Waals surface area contributed by atoms with Crippen molar-refractivity contribution in [3.8, 4) is 0 Å². The van der Waals surface area contributed by atoms with Crippen LogP contribution in [0.2, 0.25) is 0 Å². The molecular weight excluding hydrogens is 246 g/mol. The molecule has 1 aromatic heterocycles. The highest BCUT2D eigenvalue weighted by Crippen LogP contribution is 2.28. The van der Waals surface area contributed by atoms with Crippen LogP contribution in [0.5, 0.6) is 0 Å². The highest BCUT2D eigenvalue weighted by atomic mass is 32.1. The van der Waals surface area contributed by atoms with E-state index in [1.165, 1.54) is 4.88 Å². The number of nitrogens with zero attached hydrogens (tertiary/aromatic N) is 3. The van der Waals surface area contributed by atoms with Gasteiger partial charge in [-0.25, -0.2) is 4.99 Å². The van der Waals surface area contributed by atoms with Crippen LogP contribution >= 0.6 is 11.3 Å². The zero-order valence-electron chi connectivity index (χ0n) is 10.8. The van der Waals surface area contributed by atoms with Crippen molar-refractivity contribution in [1.29, 1.82) is 0 Å². The van der Waals surface area contributed by atoms with Gasteiger partial charge in [0.2, 0.25) is 0 Å². The van der Waals surface area contributed by atoms with Crippen LogP contribution in [0.4, 0.5) is 5.00 Å². The molecule has 1 atom stereocenters. The molecular formula is C12H17N5S. The molecule has 2 heterocycles. The Kier molecular flexibility index (Phi) is 3.38. The van der Waals surface area contributed by atoms with Crippen molar-refractivity contribution in [2.75, 3.05) is 19.0 Å². The standard InChI is InChI=1S/C12H17N5S/c1-7-5-6-9(18-7)17(4)11-8(2)10(14-3)15-12(13)16-11/h5-6,11H,2H2,1,3-4H3,(H3,13,14,15,16). The molecule has 18 heavy (non-hydrogen) atoms. The summed E-state index contributed by atoms with van der Waals surface area (Å²) in [6.07, 6.45) is -0.206. The van der Waals surface area contributed by atoms with Crippen molar-refractivity contribution in [2.24, 2.45) is 15.7 Å². The lowest BCUT2D eigenvalue weighted by molar-refractivity contribution is 0.757. The molecule has 0 saturated heterocycles. The van der Waals surface area contributed by atoms with E-state index >= 15 is 0 Å². The Balaban J connectivity index is 2.32. The van der Waals surface area contributed by atoms with Crippen molar-refractivity contribution in [3.05, 3.63) is 29.2 Å². The number of aryl methyl sites for hydroxylation is 1. The van der Waals surface area contributed by atoms with Gasteiger partial charge in [0.25, 0.3) is 0 Å². The molecule has 3 N–H and O–H groups in total. The van der Waals surface area contributed by atoms with Gasteiger partial charge in [0, 0.05) is 24.5 Å². The number of aliphatic imine (C=N–C) groups is 2. The first-order chi connectivity index (χ1) is 8.52. The number of amidine groups is 1. The molecule has 1 aliphatic heterocycles. The third-order valence-corrected chi connectivity index (χ3v) is 3.88. The van der Waals surface area contributed by atoms with Crippen molar-refractivity contribution >= 4 is 28.1 Å². The van der Waals surface area contributed by atoms with Crippen LogP contribution in [-0.4, -0.2) is 32.1 Å². The summed E-state index contributed by atoms with van der Waals surface area (Å²) in [5, 5.41) is 4.04. The maximum atomic E-state index is 5.77. The Labute approximate surface area is 111 Å². The van der Waals surface area contributed by atoms with Crippen LogP contribution in [0.1, 0.15) is 4.88 Å². The van der Waals surface area contributed by atoms with Gasteiger partial charge in [0.1, 0.15) is 5.84 Å². The minimum absolute atomic E-state index is 0.206. The van der Waals surface area contributed by atoms with Crippen molar-refractivity contribution in [2.45, 2.75) is 13.1 Å². The summed E-state index contributed by atoms with van der Waals surface area (Å²) in [4.78, 5) is 11.8. The summed E-state index contributed by atoms with van der Waals surface area (Å²) in [5.41, 5.74) is 6.59. The Hall–Kier alpha value is -1.82. The second-order valence-electron chi connectivity index (χ2n) is 4.11. The average molecular weight is 263 g/mol. The summed E-state index contributed by atoms with van der Waals surface area (Å²) in [6, 6.07) is 4.16. The molecule has 0 spiro atoms. The number of guanidine groups is 1. The molecule has 0 radical (unpaired) electrons. The third-order valence-electron chi connectivity index (χ3n) is 2.79. The molecule has 0 amide bonds. The van der Waals surface area contributed by atoms with Crippen LogP contribution in [0.25, 0.3) is 0 Å². The molecule has 0 bridgehead atoms. The summed E-state index contributed by atoms with van der Waals surface area (Å²) >= 11 is 1.72. The number of hydrogen-bond donors (Lipinski definition) is 2. The van der Waals surface area contributed by atoms with Crippen molar-refractivity contribution in [1.82, 2.24) is 5.32 Å². The summed E-state index contributed by atoms with van der Waals surface area (Å²) < 4.78 is 0. The maximum absolute atomic E-state index is 5.77. The zero-order valence-corrected chi connectivity index (χ0v) is 11.6. The predicted molar refractivity (Wildman–Crippen MR) is 78.5 cm³/mol. The van der Waals surface area contributed by atoms with Crippen LogP contribution in [0.3, 0.4) is 0 Å². The topological polar surface area (TPSA) is 66.0 Å². The average Bonchev–Trinajstić information content (AvgIpc) is 2.77. The normalized spacial score (nSPS) is 21.7. The second-order valence-corrected chi connectivity index (χ2v) is 5.37. The van der Waals surface area contributed by atoms with Gasteiger partial charge in [0.15, 0.2) is 12.1 Å². The molecule has 5 nitrogen and oxygen atoms in total. The number of nitrogens with two attached hydrogens (primary N) is 1. The van der Waals surface area contributed by atoms with E-state index in [0.717, 1.165) is 10.6 Å². The lowest BCUT2D eigenvalue weighted by Gasteiger charge is -2.31. The number of hydrogen-bond acceptors (Lipinski definition) is 5. The van der Waals surface area contributed by atoms with Gasteiger partial charge in [-0.2, -0.15) is 0 Å². The van der Waals surface area contributed by atoms with Crippen LogP contribution in [0, 0.1) is 6.92 Å². The maximum Gasteiger partial charge on any atom is 0.196 e. The van der Waals surface area contributed by atoms with Crippen LogP contribution in [0.15, 0.2) is 34.3 Å². The van der Waals surface area contributed by atoms with Gasteiger partial charge in [-0.3, -0.25) is 4.99 Å².